The molecule has 0 radical (unpaired) electrons. The molecule has 1 fully saturated rings. The predicted octanol–water partition coefficient (Wildman–Crippen LogP) is 3.72. The minimum Gasteiger partial charge on any atom is -0.492 e. The van der Waals surface area contributed by atoms with E-state index in [0.717, 1.165) is 38.2 Å². The number of piperazine rings is 1. The maximum atomic E-state index is 9.66. The molecule has 2 rings (SSSR count). The van der Waals surface area contributed by atoms with Crippen molar-refractivity contribution in [1.82, 2.24) is 9.80 Å². The van der Waals surface area contributed by atoms with Crippen LogP contribution in [-0.4, -0.2) is 48.6 Å². The third-order valence-electron chi connectivity index (χ3n) is 4.42. The third-order valence-corrected chi connectivity index (χ3v) is 4.72. The average molecular weight is 336 g/mol. The lowest BCUT2D eigenvalue weighted by Crippen LogP contribution is -2.52. The second kappa shape index (κ2) is 8.54. The predicted molar refractivity (Wildman–Crippen MR) is 93.9 cm³/mol. The molecule has 1 saturated heterocycles. The Morgan fingerprint density at radius 2 is 2.17 bits per heavy atom. The molecule has 1 aromatic rings. The largest absolute Gasteiger partial charge is 0.492 e. The van der Waals surface area contributed by atoms with E-state index in [0.29, 0.717) is 23.4 Å². The van der Waals surface area contributed by atoms with Crippen LogP contribution < -0.4 is 4.74 Å². The van der Waals surface area contributed by atoms with Crippen LogP contribution in [0.15, 0.2) is 18.2 Å². The summed E-state index contributed by atoms with van der Waals surface area (Å²) in [7, 11) is 0. The molecule has 0 saturated carbocycles. The van der Waals surface area contributed by atoms with Crippen molar-refractivity contribution in [3.63, 3.8) is 0 Å². The van der Waals surface area contributed by atoms with Crippen molar-refractivity contribution in [2.24, 2.45) is 0 Å². The summed E-state index contributed by atoms with van der Waals surface area (Å²) in [6.07, 6.45) is 0.943. The summed E-state index contributed by atoms with van der Waals surface area (Å²) in [4.78, 5) is 4.69. The molecule has 2 atom stereocenters. The number of likely N-dealkylation sites (N-methyl/N-ethyl adjacent to an activating group) is 1. The van der Waals surface area contributed by atoms with Crippen molar-refractivity contribution < 1.29 is 4.74 Å². The van der Waals surface area contributed by atoms with Gasteiger partial charge in [-0.1, -0.05) is 31.5 Å². The van der Waals surface area contributed by atoms with Gasteiger partial charge in [-0.3, -0.25) is 9.80 Å². The van der Waals surface area contributed by atoms with Gasteiger partial charge in [0.15, 0.2) is 0 Å². The standard InChI is InChI=1S/C18H26ClN3O/c1-4-10-23-18-7-6-15(11-16(18)19)17(12-20)22-9-8-21(5-2)14(3)13-22/h6-7,11,14,17H,4-5,8-10,13H2,1-3H3. The van der Waals surface area contributed by atoms with Gasteiger partial charge in [0.05, 0.1) is 17.7 Å². The summed E-state index contributed by atoms with van der Waals surface area (Å²) in [5, 5.41) is 10.2. The normalized spacial score (nSPS) is 20.9. The van der Waals surface area contributed by atoms with Gasteiger partial charge in [0.1, 0.15) is 11.8 Å². The molecule has 2 unspecified atom stereocenters. The molecule has 0 aliphatic carbocycles. The van der Waals surface area contributed by atoms with Crippen LogP contribution in [-0.2, 0) is 0 Å². The number of benzene rings is 1. The Bertz CT molecular complexity index is 558. The Kier molecular flexibility index (Phi) is 6.71. The summed E-state index contributed by atoms with van der Waals surface area (Å²) in [5.41, 5.74) is 0.943. The first-order valence-electron chi connectivity index (χ1n) is 8.40. The Morgan fingerprint density at radius 3 is 2.74 bits per heavy atom. The molecule has 0 N–H and O–H groups in total. The van der Waals surface area contributed by atoms with Crippen molar-refractivity contribution in [1.29, 1.82) is 5.26 Å². The zero-order valence-electron chi connectivity index (χ0n) is 14.3. The molecule has 23 heavy (non-hydrogen) atoms. The van der Waals surface area contributed by atoms with E-state index in [1.54, 1.807) is 0 Å². The van der Waals surface area contributed by atoms with Crippen LogP contribution in [0.4, 0.5) is 0 Å². The molecular formula is C18H26ClN3O. The van der Waals surface area contributed by atoms with E-state index in [1.165, 1.54) is 0 Å². The van der Waals surface area contributed by atoms with E-state index >= 15 is 0 Å². The van der Waals surface area contributed by atoms with Gasteiger partial charge in [-0.25, -0.2) is 0 Å². The first-order valence-corrected chi connectivity index (χ1v) is 8.78. The fraction of sp³-hybridized carbons (Fsp3) is 0.611. The summed E-state index contributed by atoms with van der Waals surface area (Å²) in [6.45, 7) is 11.0. The second-order valence-corrected chi connectivity index (χ2v) is 6.45. The number of ether oxygens (including phenoxy) is 1. The fourth-order valence-corrected chi connectivity index (χ4v) is 3.35. The van der Waals surface area contributed by atoms with Gasteiger partial charge < -0.3 is 4.74 Å². The summed E-state index contributed by atoms with van der Waals surface area (Å²) >= 11 is 6.32. The van der Waals surface area contributed by atoms with Crippen LogP contribution in [0, 0.1) is 11.3 Å². The van der Waals surface area contributed by atoms with Crippen LogP contribution in [0.1, 0.15) is 38.8 Å². The van der Waals surface area contributed by atoms with E-state index in [9.17, 15) is 5.26 Å². The average Bonchev–Trinajstić information content (AvgIpc) is 2.55. The molecule has 5 heteroatoms. The SMILES string of the molecule is CCCOc1ccc(C(C#N)N2CCN(CC)C(C)C2)cc1Cl. The van der Waals surface area contributed by atoms with Gasteiger partial charge in [-0.05, 0) is 37.6 Å². The lowest BCUT2D eigenvalue weighted by atomic mass is 10.0. The highest BCUT2D eigenvalue weighted by Gasteiger charge is 2.28. The van der Waals surface area contributed by atoms with Gasteiger partial charge in [-0.15, -0.1) is 0 Å². The van der Waals surface area contributed by atoms with Gasteiger partial charge in [0.2, 0.25) is 0 Å². The summed E-state index contributed by atoms with van der Waals surface area (Å²) < 4.78 is 5.61. The van der Waals surface area contributed by atoms with Crippen LogP contribution in [0.2, 0.25) is 5.02 Å². The Labute approximate surface area is 144 Å². The maximum absolute atomic E-state index is 9.66. The van der Waals surface area contributed by atoms with E-state index in [2.05, 4.69) is 36.6 Å². The highest BCUT2D eigenvalue weighted by atomic mass is 35.5. The molecule has 0 bridgehead atoms. The van der Waals surface area contributed by atoms with E-state index in [1.807, 2.05) is 18.2 Å². The van der Waals surface area contributed by atoms with Crippen LogP contribution >= 0.6 is 11.6 Å². The number of hydrogen-bond acceptors (Lipinski definition) is 4. The zero-order chi connectivity index (χ0) is 16.8. The number of nitriles is 1. The Morgan fingerprint density at radius 1 is 1.39 bits per heavy atom. The first-order chi connectivity index (χ1) is 11.1. The molecule has 1 heterocycles. The third kappa shape index (κ3) is 4.38. The smallest absolute Gasteiger partial charge is 0.137 e. The molecule has 1 aromatic carbocycles. The zero-order valence-corrected chi connectivity index (χ0v) is 15.0. The Balaban J connectivity index is 2.12. The minimum absolute atomic E-state index is 0.255. The molecule has 126 valence electrons. The number of halogens is 1. The minimum atomic E-state index is -0.255. The van der Waals surface area contributed by atoms with Crippen LogP contribution in [0.25, 0.3) is 0 Å². The highest BCUT2D eigenvalue weighted by molar-refractivity contribution is 6.32. The molecule has 1 aliphatic heterocycles. The van der Waals surface area contributed by atoms with Crippen molar-refractivity contribution in [3.05, 3.63) is 28.8 Å². The van der Waals surface area contributed by atoms with Crippen LogP contribution in [0.5, 0.6) is 5.75 Å². The van der Waals surface area contributed by atoms with Crippen molar-refractivity contribution in [3.8, 4) is 11.8 Å². The van der Waals surface area contributed by atoms with Gasteiger partial charge >= 0.3 is 0 Å². The summed E-state index contributed by atoms with van der Waals surface area (Å²) in [6, 6.07) is 8.36. The number of rotatable bonds is 6. The van der Waals surface area contributed by atoms with Crippen molar-refractivity contribution in [2.75, 3.05) is 32.8 Å². The van der Waals surface area contributed by atoms with E-state index in [4.69, 9.17) is 16.3 Å². The van der Waals surface area contributed by atoms with Crippen LogP contribution in [0.3, 0.4) is 0 Å². The first kappa shape index (κ1) is 18.1. The topological polar surface area (TPSA) is 39.5 Å². The Hall–Kier alpha value is -1.28. The number of hydrogen-bond donors (Lipinski definition) is 0. The summed E-state index contributed by atoms with van der Waals surface area (Å²) in [5.74, 6) is 0.693. The molecular weight excluding hydrogens is 310 g/mol. The van der Waals surface area contributed by atoms with E-state index < -0.39 is 0 Å². The monoisotopic (exact) mass is 335 g/mol. The quantitative estimate of drug-likeness (QED) is 0.794. The molecule has 4 nitrogen and oxygen atoms in total. The van der Waals surface area contributed by atoms with Gasteiger partial charge in [0, 0.05) is 25.7 Å². The molecule has 0 aromatic heterocycles. The van der Waals surface area contributed by atoms with Gasteiger partial charge in [0.25, 0.3) is 0 Å². The fourth-order valence-electron chi connectivity index (χ4n) is 3.11. The molecule has 0 amide bonds. The molecule has 0 spiro atoms. The maximum Gasteiger partial charge on any atom is 0.137 e. The number of nitrogens with zero attached hydrogens (tertiary/aromatic N) is 3. The molecule has 1 aliphatic rings. The second-order valence-electron chi connectivity index (χ2n) is 6.04. The lowest BCUT2D eigenvalue weighted by molar-refractivity contribution is 0.0730. The van der Waals surface area contributed by atoms with Crippen molar-refractivity contribution >= 4 is 11.6 Å². The lowest BCUT2D eigenvalue weighted by Gasteiger charge is -2.41. The van der Waals surface area contributed by atoms with Gasteiger partial charge in [-0.2, -0.15) is 5.26 Å². The highest BCUT2D eigenvalue weighted by Crippen LogP contribution is 2.31. The van der Waals surface area contributed by atoms with Crippen molar-refractivity contribution in [2.45, 2.75) is 39.3 Å². The van der Waals surface area contributed by atoms with E-state index in [-0.39, 0.29) is 6.04 Å².